The fourth-order valence-electron chi connectivity index (χ4n) is 1.52. The third kappa shape index (κ3) is 3.11. The summed E-state index contributed by atoms with van der Waals surface area (Å²) in [4.78, 5) is 0.109. The molecule has 0 aliphatic heterocycles. The third-order valence-corrected chi connectivity index (χ3v) is 4.67. The van der Waals surface area contributed by atoms with Crippen molar-refractivity contribution in [3.63, 3.8) is 0 Å². The highest BCUT2D eigenvalue weighted by Crippen LogP contribution is 2.32. The molecule has 6 heteroatoms. The first-order valence-corrected chi connectivity index (χ1v) is 7.83. The molecule has 0 N–H and O–H groups in total. The van der Waals surface area contributed by atoms with E-state index in [-0.39, 0.29) is 27.2 Å². The van der Waals surface area contributed by atoms with E-state index in [4.69, 9.17) is 16.3 Å². The van der Waals surface area contributed by atoms with Crippen LogP contribution in [0, 0.1) is 11.9 Å². The van der Waals surface area contributed by atoms with E-state index in [1.54, 1.807) is 6.92 Å². The van der Waals surface area contributed by atoms with Gasteiger partial charge in [-0.05, 0) is 36.4 Å². The largest absolute Gasteiger partial charge is 0.453 e. The molecule has 2 aromatic rings. The first-order valence-electron chi connectivity index (χ1n) is 5.80. The number of hydrogen-bond acceptors (Lipinski definition) is 3. The Hall–Kier alpha value is -1.59. The van der Waals surface area contributed by atoms with Crippen molar-refractivity contribution >= 4 is 21.4 Å². The van der Waals surface area contributed by atoms with Crippen LogP contribution >= 0.6 is 11.6 Å². The quantitative estimate of drug-likeness (QED) is 0.860. The highest BCUT2D eigenvalue weighted by atomic mass is 35.5. The van der Waals surface area contributed by atoms with Crippen LogP contribution in [0.4, 0.5) is 4.39 Å². The lowest BCUT2D eigenvalue weighted by Crippen LogP contribution is -2.03. The summed E-state index contributed by atoms with van der Waals surface area (Å²) in [6.07, 6.45) is 0. The van der Waals surface area contributed by atoms with Gasteiger partial charge in [-0.2, -0.15) is 0 Å². The van der Waals surface area contributed by atoms with Crippen LogP contribution in [0.3, 0.4) is 0 Å². The van der Waals surface area contributed by atoms with Gasteiger partial charge >= 0.3 is 0 Å². The molecule has 0 unspecified atom stereocenters. The van der Waals surface area contributed by atoms with Gasteiger partial charge in [0.2, 0.25) is 0 Å². The summed E-state index contributed by atoms with van der Waals surface area (Å²) in [7, 11) is -3.34. The van der Waals surface area contributed by atoms with E-state index >= 15 is 0 Å². The molecule has 0 aliphatic carbocycles. The number of hydrogen-bond donors (Lipinski definition) is 0. The van der Waals surface area contributed by atoms with E-state index in [1.807, 2.05) is 0 Å². The summed E-state index contributed by atoms with van der Waals surface area (Å²) < 4.78 is 42.2. The number of rotatable bonds is 4. The van der Waals surface area contributed by atoms with Crippen molar-refractivity contribution in [1.82, 2.24) is 0 Å². The number of halogens is 2. The van der Waals surface area contributed by atoms with Crippen molar-refractivity contribution in [1.29, 1.82) is 0 Å². The maximum absolute atomic E-state index is 13.4. The van der Waals surface area contributed by atoms with Crippen LogP contribution in [0.2, 0.25) is 5.02 Å². The molecule has 0 bridgehead atoms. The Morgan fingerprint density at radius 1 is 1.30 bits per heavy atom. The first-order chi connectivity index (χ1) is 9.44. The molecule has 0 aromatic heterocycles. The Morgan fingerprint density at radius 2 is 2.05 bits per heavy atom. The molecule has 105 valence electrons. The van der Waals surface area contributed by atoms with Gasteiger partial charge in [-0.15, -0.1) is 0 Å². The van der Waals surface area contributed by atoms with Gasteiger partial charge in [-0.1, -0.05) is 24.6 Å². The zero-order valence-electron chi connectivity index (χ0n) is 10.6. The molecule has 3 nitrogen and oxygen atoms in total. The molecular formula is C14H11ClFO3S. The van der Waals surface area contributed by atoms with Gasteiger partial charge in [0.15, 0.2) is 21.4 Å². The van der Waals surface area contributed by atoms with Crippen LogP contribution in [0.5, 0.6) is 11.5 Å². The fourth-order valence-corrected chi connectivity index (χ4v) is 2.71. The minimum Gasteiger partial charge on any atom is -0.453 e. The third-order valence-electron chi connectivity index (χ3n) is 2.64. The topological polar surface area (TPSA) is 43.4 Å². The van der Waals surface area contributed by atoms with Gasteiger partial charge in [0, 0.05) is 0 Å². The van der Waals surface area contributed by atoms with Crippen LogP contribution in [-0.4, -0.2) is 14.2 Å². The Bertz CT molecular complexity index is 729. The van der Waals surface area contributed by atoms with Gasteiger partial charge in [0.25, 0.3) is 0 Å². The molecule has 0 saturated carbocycles. The molecule has 0 saturated heterocycles. The van der Waals surface area contributed by atoms with E-state index < -0.39 is 15.7 Å². The molecule has 20 heavy (non-hydrogen) atoms. The molecule has 0 atom stereocenters. The smallest absolute Gasteiger partial charge is 0.178 e. The molecule has 2 rings (SSSR count). The summed E-state index contributed by atoms with van der Waals surface area (Å²) in [5.74, 6) is -0.419. The van der Waals surface area contributed by atoms with Crippen molar-refractivity contribution < 1.29 is 17.5 Å². The second-order valence-electron chi connectivity index (χ2n) is 3.95. The Kier molecular flexibility index (Phi) is 4.30. The average Bonchev–Trinajstić information content (AvgIpc) is 2.43. The van der Waals surface area contributed by atoms with Gasteiger partial charge in [-0.25, -0.2) is 12.8 Å². The van der Waals surface area contributed by atoms with Crippen molar-refractivity contribution in [2.75, 3.05) is 5.75 Å². The maximum atomic E-state index is 13.4. The number of sulfone groups is 1. The minimum atomic E-state index is -3.34. The summed E-state index contributed by atoms with van der Waals surface area (Å²) in [6.45, 7) is 1.54. The number of benzene rings is 2. The van der Waals surface area contributed by atoms with Crippen molar-refractivity contribution in [2.45, 2.75) is 11.8 Å². The summed E-state index contributed by atoms with van der Waals surface area (Å²) in [5, 5.41) is 0.0998. The average molecular weight is 314 g/mol. The molecule has 0 fully saturated rings. The van der Waals surface area contributed by atoms with E-state index in [1.165, 1.54) is 36.4 Å². The molecular weight excluding hydrogens is 303 g/mol. The first kappa shape index (κ1) is 14.8. The van der Waals surface area contributed by atoms with Crippen LogP contribution in [0.15, 0.2) is 41.3 Å². The molecule has 0 heterocycles. The summed E-state index contributed by atoms with van der Waals surface area (Å²) in [5.41, 5.74) is 0. The Morgan fingerprint density at radius 3 is 2.65 bits per heavy atom. The minimum absolute atomic E-state index is 0.0220. The SMILES string of the molecule is CCS(=O)(=O)c1ccc(Oc2c[c]ccc2F)c(Cl)c1. The van der Waals surface area contributed by atoms with Crippen molar-refractivity contribution in [3.05, 3.63) is 53.3 Å². The molecule has 0 spiro atoms. The molecule has 1 radical (unpaired) electrons. The van der Waals surface area contributed by atoms with Crippen LogP contribution < -0.4 is 4.74 Å². The van der Waals surface area contributed by atoms with Crippen molar-refractivity contribution in [3.8, 4) is 11.5 Å². The van der Waals surface area contributed by atoms with Gasteiger partial charge < -0.3 is 4.74 Å². The highest BCUT2D eigenvalue weighted by Gasteiger charge is 2.15. The normalized spacial score (nSPS) is 11.3. The van der Waals surface area contributed by atoms with Crippen molar-refractivity contribution in [2.24, 2.45) is 0 Å². The van der Waals surface area contributed by atoms with E-state index in [0.29, 0.717) is 0 Å². The molecule has 0 amide bonds. The van der Waals surface area contributed by atoms with Crippen LogP contribution in [0.25, 0.3) is 0 Å². The van der Waals surface area contributed by atoms with E-state index in [0.717, 1.165) is 0 Å². The van der Waals surface area contributed by atoms with Gasteiger partial charge in [-0.3, -0.25) is 0 Å². The second kappa shape index (κ2) is 5.81. The van der Waals surface area contributed by atoms with Gasteiger partial charge in [0.05, 0.1) is 15.7 Å². The number of ether oxygens (including phenoxy) is 1. The molecule has 2 aromatic carbocycles. The standard InChI is InChI=1S/C14H11ClFO3S/c1-2-20(17,18)10-7-8-13(11(15)9-10)19-14-6-4-3-5-12(14)16/h3,5-9H,2H2,1H3. The lowest BCUT2D eigenvalue weighted by Gasteiger charge is -2.09. The Labute approximate surface area is 121 Å². The highest BCUT2D eigenvalue weighted by molar-refractivity contribution is 7.91. The van der Waals surface area contributed by atoms with E-state index in [2.05, 4.69) is 6.07 Å². The monoisotopic (exact) mass is 313 g/mol. The Balaban J connectivity index is 2.34. The van der Waals surface area contributed by atoms with Crippen LogP contribution in [0.1, 0.15) is 6.92 Å². The summed E-state index contributed by atoms with van der Waals surface area (Å²) in [6, 6.07) is 10.7. The predicted molar refractivity (Wildman–Crippen MR) is 74.5 cm³/mol. The molecule has 0 aliphatic rings. The summed E-state index contributed by atoms with van der Waals surface area (Å²) >= 11 is 5.97. The lowest BCUT2D eigenvalue weighted by molar-refractivity contribution is 0.442. The maximum Gasteiger partial charge on any atom is 0.178 e. The van der Waals surface area contributed by atoms with E-state index in [9.17, 15) is 12.8 Å². The fraction of sp³-hybridized carbons (Fsp3) is 0.143. The lowest BCUT2D eigenvalue weighted by atomic mass is 10.3. The second-order valence-corrected chi connectivity index (χ2v) is 6.64. The predicted octanol–water partition coefficient (Wildman–Crippen LogP) is 3.87. The van der Waals surface area contributed by atoms with Gasteiger partial charge in [0.1, 0.15) is 5.75 Å². The zero-order chi connectivity index (χ0) is 14.8. The van der Waals surface area contributed by atoms with Crippen LogP contribution in [-0.2, 0) is 9.84 Å². The zero-order valence-corrected chi connectivity index (χ0v) is 12.1.